The number of thiophene rings is 1. The molecule has 0 aliphatic carbocycles. The van der Waals surface area contributed by atoms with Crippen molar-refractivity contribution in [1.29, 1.82) is 0 Å². The zero-order valence-electron chi connectivity index (χ0n) is 27.1. The predicted octanol–water partition coefficient (Wildman–Crippen LogP) is 5.26. The molecule has 0 radical (unpaired) electrons. The summed E-state index contributed by atoms with van der Waals surface area (Å²) in [6.45, 7) is 13.1. The number of sulfonamides is 1. The van der Waals surface area contributed by atoms with E-state index in [1.54, 1.807) is 31.6 Å². The number of aromatic nitrogens is 3. The molecule has 4 aromatic heterocycles. The molecule has 1 aliphatic rings. The summed E-state index contributed by atoms with van der Waals surface area (Å²) in [6.07, 6.45) is 0. The highest BCUT2D eigenvalue weighted by atomic mass is 32.2. The number of likely N-dealkylation sites (N-methyl/N-ethyl adjacent to an activating group) is 1. The van der Waals surface area contributed by atoms with Crippen LogP contribution in [0.2, 0.25) is 0 Å². The predicted molar refractivity (Wildman–Crippen MR) is 182 cm³/mol. The van der Waals surface area contributed by atoms with Gasteiger partial charge in [-0.2, -0.15) is 0 Å². The van der Waals surface area contributed by atoms with E-state index in [4.69, 9.17) is 14.2 Å². The Hall–Kier alpha value is -4.20. The molecule has 242 valence electrons. The van der Waals surface area contributed by atoms with Gasteiger partial charge >= 0.3 is 0 Å². The maximum atomic E-state index is 13.8. The van der Waals surface area contributed by atoms with Gasteiger partial charge in [-0.25, -0.2) is 8.42 Å². The Labute approximate surface area is 272 Å². The molecule has 5 aromatic rings. The smallest absolute Gasteiger partial charge is 0.273 e. The van der Waals surface area contributed by atoms with Gasteiger partial charge in [-0.05, 0) is 65.4 Å². The van der Waals surface area contributed by atoms with E-state index in [1.807, 2.05) is 51.1 Å². The van der Waals surface area contributed by atoms with E-state index in [1.165, 1.54) is 11.3 Å². The first-order valence-corrected chi connectivity index (χ1v) is 17.3. The first-order valence-electron chi connectivity index (χ1n) is 15.0. The highest BCUT2D eigenvalue weighted by molar-refractivity contribution is 7.94. The number of piperazine rings is 1. The molecule has 1 aliphatic heterocycles. The van der Waals surface area contributed by atoms with Gasteiger partial charge in [0.1, 0.15) is 15.7 Å². The average molecular weight is 663 g/mol. The Morgan fingerprint density at radius 3 is 2.41 bits per heavy atom. The van der Waals surface area contributed by atoms with Crippen LogP contribution < -0.4 is 19.9 Å². The van der Waals surface area contributed by atoms with Crippen LogP contribution in [0, 0.1) is 34.6 Å². The maximum absolute atomic E-state index is 13.8. The van der Waals surface area contributed by atoms with Crippen LogP contribution in [-0.4, -0.2) is 68.4 Å². The van der Waals surface area contributed by atoms with Crippen molar-refractivity contribution in [3.63, 3.8) is 0 Å². The molecule has 1 aromatic carbocycles. The first-order chi connectivity index (χ1) is 21.9. The Kier molecular flexibility index (Phi) is 8.42. The van der Waals surface area contributed by atoms with E-state index in [-0.39, 0.29) is 15.6 Å². The van der Waals surface area contributed by atoms with Crippen LogP contribution in [0.1, 0.15) is 33.2 Å². The molecular formula is C33H38N6O5S2. The zero-order valence-corrected chi connectivity index (χ0v) is 28.7. The zero-order chi connectivity index (χ0) is 32.9. The molecule has 0 atom stereocenters. The van der Waals surface area contributed by atoms with Crippen molar-refractivity contribution in [1.82, 2.24) is 19.6 Å². The molecule has 0 spiro atoms. The highest BCUT2D eigenvalue weighted by Gasteiger charge is 2.27. The van der Waals surface area contributed by atoms with Crippen molar-refractivity contribution in [2.75, 3.05) is 50.0 Å². The normalized spacial score (nSPS) is 14.3. The van der Waals surface area contributed by atoms with Crippen molar-refractivity contribution in [3.05, 3.63) is 79.9 Å². The lowest BCUT2D eigenvalue weighted by molar-refractivity contribution is 0.313. The molecule has 5 heterocycles. The second kappa shape index (κ2) is 12.2. The fourth-order valence-corrected chi connectivity index (χ4v) is 8.69. The number of fused-ring (bicyclic) bond motifs is 1. The molecule has 13 heteroatoms. The molecule has 0 saturated carbocycles. The van der Waals surface area contributed by atoms with Gasteiger partial charge in [0, 0.05) is 70.6 Å². The number of benzene rings is 1. The largest absolute Gasteiger partial charge is 0.496 e. The maximum Gasteiger partial charge on any atom is 0.273 e. The van der Waals surface area contributed by atoms with Gasteiger partial charge in [0.2, 0.25) is 0 Å². The molecule has 6 rings (SSSR count). The van der Waals surface area contributed by atoms with Crippen LogP contribution in [0.3, 0.4) is 0 Å². The second-order valence-corrected chi connectivity index (χ2v) is 15.0. The highest BCUT2D eigenvalue weighted by Crippen LogP contribution is 2.41. The van der Waals surface area contributed by atoms with E-state index < -0.39 is 10.0 Å². The van der Waals surface area contributed by atoms with E-state index >= 15 is 0 Å². The number of ether oxygens (including phenoxy) is 1. The second-order valence-electron chi connectivity index (χ2n) is 11.9. The van der Waals surface area contributed by atoms with Crippen molar-refractivity contribution in [3.8, 4) is 16.9 Å². The van der Waals surface area contributed by atoms with Gasteiger partial charge in [0.05, 0.1) is 24.9 Å². The van der Waals surface area contributed by atoms with E-state index in [2.05, 4.69) is 26.7 Å². The molecule has 0 bridgehead atoms. The molecular weight excluding hydrogens is 625 g/mol. The number of rotatable bonds is 8. The molecule has 0 amide bonds. The summed E-state index contributed by atoms with van der Waals surface area (Å²) in [7, 11) is -0.319. The minimum atomic E-state index is -3.99. The van der Waals surface area contributed by atoms with Crippen LogP contribution in [0.15, 0.2) is 49.9 Å². The number of aryl methyl sites for hydroxylation is 4. The summed E-state index contributed by atoms with van der Waals surface area (Å²) >= 11 is 1.17. The number of anilines is 2. The number of pyridine rings is 2. The third kappa shape index (κ3) is 5.90. The average Bonchev–Trinajstić information content (AvgIpc) is 3.56. The Morgan fingerprint density at radius 1 is 1.00 bits per heavy atom. The molecule has 11 nitrogen and oxygen atoms in total. The molecule has 46 heavy (non-hydrogen) atoms. The minimum absolute atomic E-state index is 0.0965. The van der Waals surface area contributed by atoms with Gasteiger partial charge in [0.15, 0.2) is 5.82 Å². The lowest BCUT2D eigenvalue weighted by atomic mass is 10.0. The monoisotopic (exact) mass is 662 g/mol. The summed E-state index contributed by atoms with van der Waals surface area (Å²) in [5.41, 5.74) is 6.00. The van der Waals surface area contributed by atoms with Gasteiger partial charge in [0.25, 0.3) is 15.6 Å². The fraction of sp³-hybridized carbons (Fsp3) is 0.364. The minimum Gasteiger partial charge on any atom is -0.496 e. The van der Waals surface area contributed by atoms with Crippen molar-refractivity contribution in [2.24, 2.45) is 0 Å². The fourth-order valence-electron chi connectivity index (χ4n) is 5.99. The van der Waals surface area contributed by atoms with Crippen LogP contribution in [-0.2, 0) is 16.6 Å². The number of nitrogens with zero attached hydrogens (tertiary/aromatic N) is 5. The molecule has 1 fully saturated rings. The van der Waals surface area contributed by atoms with Crippen LogP contribution in [0.4, 0.5) is 11.5 Å². The van der Waals surface area contributed by atoms with Crippen LogP contribution in [0.25, 0.3) is 22.0 Å². The third-order valence-corrected chi connectivity index (χ3v) is 11.5. The summed E-state index contributed by atoms with van der Waals surface area (Å²) in [6, 6.07) is 11.2. The number of hydrogen-bond donors (Lipinski definition) is 1. The number of nitrogens with one attached hydrogen (secondary N) is 1. The van der Waals surface area contributed by atoms with Crippen molar-refractivity contribution >= 4 is 43.8 Å². The Balaban J connectivity index is 1.39. The van der Waals surface area contributed by atoms with Crippen molar-refractivity contribution < 1.29 is 17.7 Å². The van der Waals surface area contributed by atoms with E-state index in [0.29, 0.717) is 34.7 Å². The van der Waals surface area contributed by atoms with Gasteiger partial charge in [-0.3, -0.25) is 14.5 Å². The first kappa shape index (κ1) is 31.8. The van der Waals surface area contributed by atoms with Gasteiger partial charge in [-0.15, -0.1) is 11.3 Å². The molecule has 1 saturated heterocycles. The summed E-state index contributed by atoms with van der Waals surface area (Å²) in [5, 5.41) is 4.85. The topological polar surface area (TPSA) is 123 Å². The molecule has 0 unspecified atom stereocenters. The quantitative estimate of drug-likeness (QED) is 0.237. The standard InChI is InChI=1S/C33H38N6O5S2/c1-19-14-28-31(22(4)34-19)27(38-12-10-37(6)11-13-38)17-30(40)39(28)18-24-8-9-25(29(16-24)43-7)26-15-20(2)45-33(26)46(41,42)36-32-21(3)23(5)44-35-32/h8-9,14-17H,10-13,18H2,1-7H3,(H,35,36). The molecule has 1 N–H and O–H groups in total. The van der Waals surface area contributed by atoms with E-state index in [0.717, 1.165) is 64.6 Å². The van der Waals surface area contributed by atoms with Crippen molar-refractivity contribution in [2.45, 2.75) is 45.4 Å². The van der Waals surface area contributed by atoms with Gasteiger partial charge < -0.3 is 23.6 Å². The number of hydrogen-bond acceptors (Lipinski definition) is 10. The Bertz CT molecular complexity index is 2120. The van der Waals surface area contributed by atoms with E-state index in [9.17, 15) is 13.2 Å². The SMILES string of the molecule is COc1cc(Cn2c(=O)cc(N3CCN(C)CC3)c3c(C)nc(C)cc32)ccc1-c1cc(C)sc1S(=O)(=O)Nc1noc(C)c1C. The Morgan fingerprint density at radius 2 is 1.74 bits per heavy atom. The lowest BCUT2D eigenvalue weighted by Gasteiger charge is -2.35. The van der Waals surface area contributed by atoms with Crippen LogP contribution in [0.5, 0.6) is 5.75 Å². The summed E-state index contributed by atoms with van der Waals surface area (Å²) < 4.78 is 42.6. The third-order valence-electron chi connectivity index (χ3n) is 8.57. The van der Waals surface area contributed by atoms with Crippen LogP contribution >= 0.6 is 11.3 Å². The lowest BCUT2D eigenvalue weighted by Crippen LogP contribution is -2.45. The van der Waals surface area contributed by atoms with Gasteiger partial charge in [-0.1, -0.05) is 17.3 Å². The number of methoxy groups -OCH3 is 1. The summed E-state index contributed by atoms with van der Waals surface area (Å²) in [4.78, 5) is 23.9. The summed E-state index contributed by atoms with van der Waals surface area (Å²) in [5.74, 6) is 1.20.